The minimum atomic E-state index is -2.15. The molecule has 0 saturated heterocycles. The van der Waals surface area contributed by atoms with Crippen LogP contribution in [0.1, 0.15) is 0 Å². The fraction of sp³-hybridized carbons (Fsp3) is 0.0250. The molecule has 0 saturated carbocycles. The number of hydrogen-bond donors (Lipinski definition) is 0. The largest absolute Gasteiger partial charge is 0.208 e. The Morgan fingerprint density at radius 2 is 0.864 bits per heavy atom. The molecule has 6 aromatic carbocycles. The third-order valence-corrected chi connectivity index (χ3v) is 13.4. The summed E-state index contributed by atoms with van der Waals surface area (Å²) in [6.45, 7) is 2.47. The monoisotopic (exact) mass is 579 g/mol. The average Bonchev–Trinajstić information content (AvgIpc) is 3.37. The number of hydrogen-bond acceptors (Lipinski definition) is 3. The fourth-order valence-corrected chi connectivity index (χ4v) is 10.7. The highest BCUT2D eigenvalue weighted by Crippen LogP contribution is 2.34. The summed E-state index contributed by atoms with van der Waals surface area (Å²) in [6, 6.07) is 55.7. The van der Waals surface area contributed by atoms with E-state index >= 15 is 0 Å². The van der Waals surface area contributed by atoms with Crippen molar-refractivity contribution in [3.63, 3.8) is 0 Å². The van der Waals surface area contributed by atoms with Gasteiger partial charge in [-0.05, 0) is 43.9 Å². The number of benzene rings is 6. The van der Waals surface area contributed by atoms with Crippen molar-refractivity contribution in [2.45, 2.75) is 6.55 Å². The van der Waals surface area contributed by atoms with Gasteiger partial charge in [-0.25, -0.2) is 15.0 Å². The van der Waals surface area contributed by atoms with Crippen LogP contribution in [-0.4, -0.2) is 23.0 Å². The first-order chi connectivity index (χ1) is 21.7. The van der Waals surface area contributed by atoms with Crippen LogP contribution >= 0.6 is 0 Å². The molecule has 0 bridgehead atoms. The molecule has 1 atom stereocenters. The Balaban J connectivity index is 1.33. The van der Waals surface area contributed by atoms with Crippen LogP contribution in [0, 0.1) is 0 Å². The molecule has 3 nitrogen and oxygen atoms in total. The van der Waals surface area contributed by atoms with Gasteiger partial charge in [-0.1, -0.05) is 158 Å². The standard InChI is InChI=1S/C40H29N3Si/c1-44(31-19-9-4-10-20-31)36-24-14-13-22-33(36)35-27-30(25-26-37(35)44)39-41-38(29-17-7-3-8-18-29)42-40(43-39)34-23-12-11-21-32(34)28-15-5-2-6-16-28/h2-27H,1H3. The second-order valence-electron chi connectivity index (χ2n) is 11.4. The predicted octanol–water partition coefficient (Wildman–Crippen LogP) is 7.62. The van der Waals surface area contributed by atoms with E-state index in [4.69, 9.17) is 15.0 Å². The zero-order valence-corrected chi connectivity index (χ0v) is 25.4. The molecule has 0 N–H and O–H groups in total. The van der Waals surface area contributed by atoms with E-state index in [1.807, 2.05) is 24.3 Å². The van der Waals surface area contributed by atoms with E-state index in [2.05, 4.69) is 140 Å². The quantitative estimate of drug-likeness (QED) is 0.197. The van der Waals surface area contributed by atoms with E-state index in [0.717, 1.165) is 27.8 Å². The van der Waals surface area contributed by atoms with Crippen molar-refractivity contribution in [2.24, 2.45) is 0 Å². The normalized spacial score (nSPS) is 15.0. The summed E-state index contributed by atoms with van der Waals surface area (Å²) < 4.78 is 0. The summed E-state index contributed by atoms with van der Waals surface area (Å²) >= 11 is 0. The molecule has 1 unspecified atom stereocenters. The smallest absolute Gasteiger partial charge is 0.164 e. The molecule has 0 amide bonds. The second-order valence-corrected chi connectivity index (χ2v) is 15.3. The van der Waals surface area contributed by atoms with Gasteiger partial charge in [0.05, 0.1) is 0 Å². The first kappa shape index (κ1) is 26.2. The van der Waals surface area contributed by atoms with Crippen molar-refractivity contribution >= 4 is 23.6 Å². The zero-order valence-electron chi connectivity index (χ0n) is 24.4. The SMILES string of the molecule is C[Si]1(c2ccccc2)c2ccccc2-c2cc(-c3nc(-c4ccccc4)nc(-c4ccccc4-c4ccccc4)n3)ccc21. The molecule has 0 fully saturated rings. The molecule has 44 heavy (non-hydrogen) atoms. The predicted molar refractivity (Wildman–Crippen MR) is 184 cm³/mol. The number of nitrogens with zero attached hydrogens (tertiary/aromatic N) is 3. The van der Waals surface area contributed by atoms with Crippen LogP contribution in [-0.2, 0) is 0 Å². The minimum absolute atomic E-state index is 0.665. The van der Waals surface area contributed by atoms with Gasteiger partial charge in [-0.3, -0.25) is 0 Å². The molecule has 1 aliphatic rings. The molecule has 0 aliphatic carbocycles. The van der Waals surface area contributed by atoms with E-state index < -0.39 is 8.07 Å². The maximum Gasteiger partial charge on any atom is 0.164 e. The van der Waals surface area contributed by atoms with Gasteiger partial charge in [0.2, 0.25) is 0 Å². The summed E-state index contributed by atoms with van der Waals surface area (Å²) in [6.07, 6.45) is 0. The van der Waals surface area contributed by atoms with Gasteiger partial charge in [0.15, 0.2) is 17.5 Å². The van der Waals surface area contributed by atoms with Crippen LogP contribution < -0.4 is 15.6 Å². The first-order valence-electron chi connectivity index (χ1n) is 15.0. The summed E-state index contributed by atoms with van der Waals surface area (Å²) in [5.74, 6) is 2.00. The Kier molecular flexibility index (Phi) is 6.35. The molecule has 7 aromatic rings. The van der Waals surface area contributed by atoms with Gasteiger partial charge >= 0.3 is 0 Å². The Labute approximate surface area is 258 Å². The number of rotatable bonds is 5. The Hall–Kier alpha value is -5.45. The van der Waals surface area contributed by atoms with Crippen LogP contribution in [0.15, 0.2) is 158 Å². The van der Waals surface area contributed by atoms with E-state index in [1.165, 1.54) is 26.7 Å². The average molecular weight is 580 g/mol. The highest BCUT2D eigenvalue weighted by atomic mass is 28.3. The molecule has 0 radical (unpaired) electrons. The van der Waals surface area contributed by atoms with E-state index in [9.17, 15) is 0 Å². The topological polar surface area (TPSA) is 38.7 Å². The molecular formula is C40H29N3Si. The molecule has 0 spiro atoms. The lowest BCUT2D eigenvalue weighted by atomic mass is 9.99. The third-order valence-electron chi connectivity index (χ3n) is 8.84. The highest BCUT2D eigenvalue weighted by molar-refractivity contribution is 7.13. The maximum atomic E-state index is 5.15. The summed E-state index contributed by atoms with van der Waals surface area (Å²) in [4.78, 5) is 15.3. The van der Waals surface area contributed by atoms with Gasteiger partial charge in [0.1, 0.15) is 8.07 Å². The molecule has 4 heteroatoms. The van der Waals surface area contributed by atoms with E-state index in [-0.39, 0.29) is 0 Å². The van der Waals surface area contributed by atoms with Crippen molar-refractivity contribution in [3.8, 4) is 56.4 Å². The van der Waals surface area contributed by atoms with Crippen molar-refractivity contribution in [1.29, 1.82) is 0 Å². The van der Waals surface area contributed by atoms with Crippen LogP contribution in [0.5, 0.6) is 0 Å². The zero-order chi connectivity index (χ0) is 29.5. The van der Waals surface area contributed by atoms with E-state index in [0.29, 0.717) is 17.5 Å². The lowest BCUT2D eigenvalue weighted by Crippen LogP contribution is -2.62. The van der Waals surface area contributed by atoms with Crippen molar-refractivity contribution < 1.29 is 0 Å². The number of fused-ring (bicyclic) bond motifs is 3. The lowest BCUT2D eigenvalue weighted by molar-refractivity contribution is 1.07. The summed E-state index contributed by atoms with van der Waals surface area (Å²) in [7, 11) is -2.15. The summed E-state index contributed by atoms with van der Waals surface area (Å²) in [5, 5.41) is 4.31. The molecule has 8 rings (SSSR count). The fourth-order valence-electron chi connectivity index (χ4n) is 6.61. The van der Waals surface area contributed by atoms with Gasteiger partial charge < -0.3 is 0 Å². The third kappa shape index (κ3) is 4.31. The van der Waals surface area contributed by atoms with Crippen LogP contribution in [0.2, 0.25) is 6.55 Å². The number of aromatic nitrogens is 3. The first-order valence-corrected chi connectivity index (χ1v) is 17.5. The summed E-state index contributed by atoms with van der Waals surface area (Å²) in [5.41, 5.74) is 7.75. The molecule has 208 valence electrons. The Morgan fingerprint density at radius 1 is 0.364 bits per heavy atom. The molecule has 1 aliphatic heterocycles. The Bertz CT molecular complexity index is 2130. The molecule has 1 aromatic heterocycles. The highest BCUT2D eigenvalue weighted by Gasteiger charge is 2.42. The second kappa shape index (κ2) is 10.7. The van der Waals surface area contributed by atoms with E-state index in [1.54, 1.807) is 0 Å². The van der Waals surface area contributed by atoms with Crippen LogP contribution in [0.25, 0.3) is 56.4 Å². The van der Waals surface area contributed by atoms with Gasteiger partial charge in [-0.15, -0.1) is 0 Å². The van der Waals surface area contributed by atoms with Crippen LogP contribution in [0.4, 0.5) is 0 Å². The van der Waals surface area contributed by atoms with Crippen molar-refractivity contribution in [2.75, 3.05) is 0 Å². The van der Waals surface area contributed by atoms with Gasteiger partial charge in [0.25, 0.3) is 0 Å². The molecular weight excluding hydrogens is 551 g/mol. The minimum Gasteiger partial charge on any atom is -0.208 e. The van der Waals surface area contributed by atoms with Crippen molar-refractivity contribution in [3.05, 3.63) is 158 Å². The molecule has 2 heterocycles. The van der Waals surface area contributed by atoms with Gasteiger partial charge in [0, 0.05) is 16.7 Å². The van der Waals surface area contributed by atoms with Crippen molar-refractivity contribution in [1.82, 2.24) is 15.0 Å². The van der Waals surface area contributed by atoms with Gasteiger partial charge in [-0.2, -0.15) is 0 Å². The Morgan fingerprint density at radius 3 is 1.57 bits per heavy atom. The van der Waals surface area contributed by atoms with Crippen LogP contribution in [0.3, 0.4) is 0 Å². The maximum absolute atomic E-state index is 5.15. The lowest BCUT2D eigenvalue weighted by Gasteiger charge is -2.25.